The molecule has 0 saturated carbocycles. The molecule has 3 aromatic carbocycles. The van der Waals surface area contributed by atoms with Crippen LogP contribution in [0.4, 0.5) is 11.4 Å². The van der Waals surface area contributed by atoms with Crippen LogP contribution in [0.15, 0.2) is 89.5 Å². The standard InChI is InChI=1S/C22H14ClN3O3/c23-17-8-6-15(7-9-17)14-20-21(16-4-2-1-3-5-16)24-25(22(20)27)18-10-12-19(13-11-18)26(28)29/h1-14H/b20-14-. The van der Waals surface area contributed by atoms with Crippen molar-refractivity contribution in [3.63, 3.8) is 0 Å². The van der Waals surface area contributed by atoms with Crippen molar-refractivity contribution in [2.24, 2.45) is 5.10 Å². The molecular weight excluding hydrogens is 390 g/mol. The summed E-state index contributed by atoms with van der Waals surface area (Å²) in [6, 6.07) is 22.2. The molecule has 1 aliphatic heterocycles. The van der Waals surface area contributed by atoms with Crippen molar-refractivity contribution >= 4 is 40.7 Å². The number of halogens is 1. The highest BCUT2D eigenvalue weighted by atomic mass is 35.5. The van der Waals surface area contributed by atoms with Crippen LogP contribution >= 0.6 is 11.6 Å². The number of hydrogen-bond acceptors (Lipinski definition) is 4. The average Bonchev–Trinajstić information content (AvgIpc) is 3.06. The summed E-state index contributed by atoms with van der Waals surface area (Å²) in [4.78, 5) is 23.6. The summed E-state index contributed by atoms with van der Waals surface area (Å²) in [6.07, 6.45) is 1.76. The Bertz CT molecular complexity index is 1140. The summed E-state index contributed by atoms with van der Waals surface area (Å²) in [5.41, 5.74) is 2.97. The maximum atomic E-state index is 13.2. The zero-order chi connectivity index (χ0) is 20.4. The highest BCUT2D eigenvalue weighted by molar-refractivity contribution is 6.37. The number of benzene rings is 3. The predicted octanol–water partition coefficient (Wildman–Crippen LogP) is 5.08. The largest absolute Gasteiger partial charge is 0.281 e. The Morgan fingerprint density at radius 3 is 2.21 bits per heavy atom. The van der Waals surface area contributed by atoms with E-state index in [0.717, 1.165) is 11.1 Å². The van der Waals surface area contributed by atoms with Crippen molar-refractivity contribution in [2.75, 3.05) is 5.01 Å². The Morgan fingerprint density at radius 1 is 0.931 bits per heavy atom. The normalized spacial score (nSPS) is 14.9. The van der Waals surface area contributed by atoms with Crippen LogP contribution in [0.25, 0.3) is 6.08 Å². The molecule has 142 valence electrons. The van der Waals surface area contributed by atoms with Gasteiger partial charge in [-0.1, -0.05) is 54.1 Å². The van der Waals surface area contributed by atoms with Crippen molar-refractivity contribution in [2.45, 2.75) is 0 Å². The molecule has 0 fully saturated rings. The van der Waals surface area contributed by atoms with Crippen molar-refractivity contribution in [1.82, 2.24) is 0 Å². The highest BCUT2D eigenvalue weighted by Gasteiger charge is 2.32. The van der Waals surface area contributed by atoms with E-state index in [0.29, 0.717) is 22.0 Å². The highest BCUT2D eigenvalue weighted by Crippen LogP contribution is 2.29. The van der Waals surface area contributed by atoms with Gasteiger partial charge in [0.25, 0.3) is 11.6 Å². The molecule has 0 saturated heterocycles. The quantitative estimate of drug-likeness (QED) is 0.346. The number of hydrazone groups is 1. The van der Waals surface area contributed by atoms with Crippen molar-refractivity contribution < 1.29 is 9.72 Å². The second kappa shape index (κ2) is 7.69. The number of nitrogens with zero attached hydrogens (tertiary/aromatic N) is 3. The summed E-state index contributed by atoms with van der Waals surface area (Å²) in [5, 5.41) is 17.3. The molecule has 0 bridgehead atoms. The minimum Gasteiger partial charge on any atom is -0.267 e. The molecule has 0 radical (unpaired) electrons. The lowest BCUT2D eigenvalue weighted by Crippen LogP contribution is -2.21. The summed E-state index contributed by atoms with van der Waals surface area (Å²) in [5.74, 6) is -0.312. The first-order chi connectivity index (χ1) is 14.0. The van der Waals surface area contributed by atoms with Gasteiger partial charge in [-0.15, -0.1) is 0 Å². The SMILES string of the molecule is O=C1/C(=C\c2ccc(Cl)cc2)C(c2ccccc2)=NN1c1ccc([N+](=O)[O-])cc1. The Hall–Kier alpha value is -3.77. The third-order valence-corrected chi connectivity index (χ3v) is 4.66. The lowest BCUT2D eigenvalue weighted by Gasteiger charge is -2.11. The summed E-state index contributed by atoms with van der Waals surface area (Å²) in [6.45, 7) is 0. The van der Waals surface area contributed by atoms with Gasteiger partial charge >= 0.3 is 0 Å². The summed E-state index contributed by atoms with van der Waals surface area (Å²) < 4.78 is 0. The van der Waals surface area contributed by atoms with Crippen LogP contribution < -0.4 is 5.01 Å². The van der Waals surface area contributed by atoms with Crippen LogP contribution in [0.3, 0.4) is 0 Å². The Balaban J connectivity index is 1.78. The van der Waals surface area contributed by atoms with E-state index in [1.54, 1.807) is 18.2 Å². The third-order valence-electron chi connectivity index (χ3n) is 4.41. The number of amides is 1. The smallest absolute Gasteiger partial charge is 0.267 e. The molecule has 0 unspecified atom stereocenters. The molecule has 7 heteroatoms. The molecule has 6 nitrogen and oxygen atoms in total. The Kier molecular flexibility index (Phi) is 4.93. The van der Waals surface area contributed by atoms with Gasteiger partial charge < -0.3 is 0 Å². The van der Waals surface area contributed by atoms with E-state index in [4.69, 9.17) is 11.6 Å². The molecule has 4 rings (SSSR count). The zero-order valence-corrected chi connectivity index (χ0v) is 15.8. The number of nitro groups is 1. The van der Waals surface area contributed by atoms with Crippen LogP contribution in [-0.4, -0.2) is 16.5 Å². The van der Waals surface area contributed by atoms with Gasteiger partial charge in [0, 0.05) is 22.7 Å². The van der Waals surface area contributed by atoms with Crippen LogP contribution in [0.1, 0.15) is 11.1 Å². The fourth-order valence-electron chi connectivity index (χ4n) is 2.97. The van der Waals surface area contributed by atoms with Gasteiger partial charge in [0.05, 0.1) is 16.2 Å². The topological polar surface area (TPSA) is 75.8 Å². The van der Waals surface area contributed by atoms with Crippen LogP contribution in [0.2, 0.25) is 5.02 Å². The molecule has 0 spiro atoms. The maximum absolute atomic E-state index is 13.2. The summed E-state index contributed by atoms with van der Waals surface area (Å²) >= 11 is 5.95. The number of hydrogen-bond donors (Lipinski definition) is 0. The average molecular weight is 404 g/mol. The molecule has 0 aliphatic carbocycles. The first-order valence-corrected chi connectivity index (χ1v) is 9.11. The molecular formula is C22H14ClN3O3. The van der Waals surface area contributed by atoms with E-state index < -0.39 is 4.92 Å². The van der Waals surface area contributed by atoms with Crippen molar-refractivity contribution in [3.8, 4) is 0 Å². The van der Waals surface area contributed by atoms with Gasteiger partial charge in [-0.25, -0.2) is 0 Å². The van der Waals surface area contributed by atoms with Gasteiger partial charge in [0.1, 0.15) is 5.71 Å². The number of carbonyl (C=O) groups is 1. The van der Waals surface area contributed by atoms with Crippen LogP contribution in [-0.2, 0) is 4.79 Å². The van der Waals surface area contributed by atoms with Crippen molar-refractivity contribution in [1.29, 1.82) is 0 Å². The lowest BCUT2D eigenvalue weighted by molar-refractivity contribution is -0.384. The minimum atomic E-state index is -0.486. The number of non-ortho nitro benzene ring substituents is 1. The monoisotopic (exact) mass is 403 g/mol. The van der Waals surface area contributed by atoms with Gasteiger partial charge in [-0.05, 0) is 35.9 Å². The van der Waals surface area contributed by atoms with Crippen LogP contribution in [0.5, 0.6) is 0 Å². The van der Waals surface area contributed by atoms with Crippen molar-refractivity contribution in [3.05, 3.63) is 111 Å². The van der Waals surface area contributed by atoms with E-state index in [9.17, 15) is 14.9 Å². The minimum absolute atomic E-state index is 0.0513. The fraction of sp³-hybridized carbons (Fsp3) is 0. The van der Waals surface area contributed by atoms with E-state index in [-0.39, 0.29) is 11.6 Å². The third kappa shape index (κ3) is 3.79. The second-order valence-electron chi connectivity index (χ2n) is 6.31. The second-order valence-corrected chi connectivity index (χ2v) is 6.75. The molecule has 29 heavy (non-hydrogen) atoms. The first-order valence-electron chi connectivity index (χ1n) is 8.73. The molecule has 3 aromatic rings. The maximum Gasteiger partial charge on any atom is 0.281 e. The Labute approximate surface area is 171 Å². The molecule has 0 aromatic heterocycles. The summed E-state index contributed by atoms with van der Waals surface area (Å²) in [7, 11) is 0. The lowest BCUT2D eigenvalue weighted by atomic mass is 10.0. The van der Waals surface area contributed by atoms with Gasteiger partial charge in [-0.3, -0.25) is 14.9 Å². The molecule has 1 aliphatic rings. The molecule has 0 N–H and O–H groups in total. The van der Waals surface area contributed by atoms with E-state index in [1.165, 1.54) is 29.3 Å². The predicted molar refractivity (Wildman–Crippen MR) is 113 cm³/mol. The number of anilines is 1. The van der Waals surface area contributed by atoms with Gasteiger partial charge in [0.2, 0.25) is 0 Å². The fourth-order valence-corrected chi connectivity index (χ4v) is 3.10. The number of carbonyl (C=O) groups excluding carboxylic acids is 1. The van der Waals surface area contributed by atoms with E-state index >= 15 is 0 Å². The first kappa shape index (κ1) is 18.6. The van der Waals surface area contributed by atoms with E-state index in [1.807, 2.05) is 42.5 Å². The Morgan fingerprint density at radius 2 is 1.59 bits per heavy atom. The number of nitro benzene ring substituents is 1. The molecule has 0 atom stereocenters. The van der Waals surface area contributed by atoms with Gasteiger partial charge in [0.15, 0.2) is 0 Å². The van der Waals surface area contributed by atoms with Crippen LogP contribution in [0, 0.1) is 10.1 Å². The number of rotatable bonds is 4. The zero-order valence-electron chi connectivity index (χ0n) is 15.0. The molecule has 1 heterocycles. The molecule has 1 amide bonds. The van der Waals surface area contributed by atoms with Gasteiger partial charge in [-0.2, -0.15) is 10.1 Å². The van der Waals surface area contributed by atoms with E-state index in [2.05, 4.69) is 5.10 Å².